The van der Waals surface area contributed by atoms with Gasteiger partial charge < -0.3 is 11.1 Å². The number of anilines is 1. The highest BCUT2D eigenvalue weighted by molar-refractivity contribution is 5.94. The van der Waals surface area contributed by atoms with Gasteiger partial charge in [-0.05, 0) is 13.8 Å². The Labute approximate surface area is 93.3 Å². The molecule has 6 heteroatoms. The van der Waals surface area contributed by atoms with Crippen LogP contribution in [0.4, 0.5) is 5.82 Å². The molecule has 0 fully saturated rings. The lowest BCUT2D eigenvalue weighted by molar-refractivity contribution is -0.115. The quantitative estimate of drug-likeness (QED) is 0.779. The summed E-state index contributed by atoms with van der Waals surface area (Å²) in [5.74, 6) is -0.556. The molecular weight excluding hydrogens is 208 g/mol. The number of primary amides is 1. The predicted octanol–water partition coefficient (Wildman–Crippen LogP) is 0.541. The third-order valence-corrected chi connectivity index (χ3v) is 2.06. The molecule has 2 amide bonds. The molecule has 0 spiro atoms. The van der Waals surface area contributed by atoms with E-state index in [0.29, 0.717) is 17.8 Å². The molecule has 0 aliphatic rings. The van der Waals surface area contributed by atoms with E-state index >= 15 is 0 Å². The molecule has 16 heavy (non-hydrogen) atoms. The molecule has 1 aromatic heterocycles. The van der Waals surface area contributed by atoms with E-state index < -0.39 is 5.91 Å². The largest absolute Gasteiger partial charge is 0.364 e. The molecule has 1 aromatic rings. The number of carbonyl (C=O) groups is 2. The van der Waals surface area contributed by atoms with Crippen molar-refractivity contribution in [2.45, 2.75) is 27.2 Å². The van der Waals surface area contributed by atoms with Gasteiger partial charge in [-0.1, -0.05) is 6.92 Å². The monoisotopic (exact) mass is 222 g/mol. The van der Waals surface area contributed by atoms with Crippen LogP contribution < -0.4 is 11.1 Å². The van der Waals surface area contributed by atoms with E-state index in [0.717, 1.165) is 0 Å². The Hall–Kier alpha value is -1.98. The number of hydrogen-bond acceptors (Lipinski definition) is 4. The Morgan fingerprint density at radius 2 is 1.88 bits per heavy atom. The summed E-state index contributed by atoms with van der Waals surface area (Å²) in [6.45, 7) is 5.07. The fourth-order valence-corrected chi connectivity index (χ4v) is 1.20. The van der Waals surface area contributed by atoms with E-state index in [1.165, 1.54) is 0 Å². The third kappa shape index (κ3) is 2.53. The Balaban J connectivity index is 3.14. The van der Waals surface area contributed by atoms with Crippen LogP contribution in [0, 0.1) is 13.8 Å². The molecule has 0 aliphatic heterocycles. The number of aromatic nitrogens is 2. The van der Waals surface area contributed by atoms with Crippen molar-refractivity contribution in [1.82, 2.24) is 9.97 Å². The van der Waals surface area contributed by atoms with E-state index in [9.17, 15) is 9.59 Å². The number of nitrogens with zero attached hydrogens (tertiary/aromatic N) is 2. The maximum atomic E-state index is 11.2. The smallest absolute Gasteiger partial charge is 0.269 e. The van der Waals surface area contributed by atoms with Crippen LogP contribution in [0.5, 0.6) is 0 Å². The Morgan fingerprint density at radius 1 is 1.25 bits per heavy atom. The highest BCUT2D eigenvalue weighted by Gasteiger charge is 2.13. The first-order valence-electron chi connectivity index (χ1n) is 4.90. The van der Waals surface area contributed by atoms with Gasteiger partial charge in [0.25, 0.3) is 5.91 Å². The average molecular weight is 222 g/mol. The van der Waals surface area contributed by atoms with Crippen LogP contribution in [0.25, 0.3) is 0 Å². The highest BCUT2D eigenvalue weighted by Crippen LogP contribution is 2.12. The minimum atomic E-state index is -0.656. The molecule has 0 aliphatic carbocycles. The SMILES string of the molecule is CCC(=O)Nc1nc(C(N)=O)c(C)nc1C. The van der Waals surface area contributed by atoms with Gasteiger partial charge in [0.2, 0.25) is 5.91 Å². The number of carbonyl (C=O) groups excluding carboxylic acids is 2. The van der Waals surface area contributed by atoms with Crippen molar-refractivity contribution in [2.24, 2.45) is 5.73 Å². The number of aryl methyl sites for hydroxylation is 2. The second-order valence-corrected chi connectivity index (χ2v) is 3.36. The van der Waals surface area contributed by atoms with Gasteiger partial charge in [-0.25, -0.2) is 4.98 Å². The second-order valence-electron chi connectivity index (χ2n) is 3.36. The molecule has 0 atom stereocenters. The second kappa shape index (κ2) is 4.69. The molecule has 3 N–H and O–H groups in total. The minimum absolute atomic E-state index is 0.0806. The first-order chi connectivity index (χ1) is 7.45. The first kappa shape index (κ1) is 12.1. The van der Waals surface area contributed by atoms with Gasteiger partial charge in [0.05, 0.1) is 11.4 Å². The summed E-state index contributed by atoms with van der Waals surface area (Å²) >= 11 is 0. The van der Waals surface area contributed by atoms with Gasteiger partial charge in [0, 0.05) is 6.42 Å². The molecule has 0 bridgehead atoms. The number of nitrogens with one attached hydrogen (secondary N) is 1. The third-order valence-electron chi connectivity index (χ3n) is 2.06. The Bertz CT molecular complexity index is 443. The molecule has 86 valence electrons. The minimum Gasteiger partial charge on any atom is -0.364 e. The molecule has 0 saturated carbocycles. The number of hydrogen-bond donors (Lipinski definition) is 2. The molecule has 0 radical (unpaired) electrons. The summed E-state index contributed by atoms with van der Waals surface area (Å²) in [7, 11) is 0. The van der Waals surface area contributed by atoms with Gasteiger partial charge in [0.15, 0.2) is 11.5 Å². The fourth-order valence-electron chi connectivity index (χ4n) is 1.20. The van der Waals surface area contributed by atoms with Crippen molar-refractivity contribution in [3.63, 3.8) is 0 Å². The summed E-state index contributed by atoms with van der Waals surface area (Å²) in [6.07, 6.45) is 0.334. The van der Waals surface area contributed by atoms with Crippen LogP contribution in [0.1, 0.15) is 35.2 Å². The lowest BCUT2D eigenvalue weighted by atomic mass is 10.3. The first-order valence-corrected chi connectivity index (χ1v) is 4.90. The fraction of sp³-hybridized carbons (Fsp3) is 0.400. The zero-order chi connectivity index (χ0) is 12.3. The molecule has 6 nitrogen and oxygen atoms in total. The maximum Gasteiger partial charge on any atom is 0.269 e. The Morgan fingerprint density at radius 3 is 2.38 bits per heavy atom. The standard InChI is InChI=1S/C10H14N4O2/c1-4-7(15)13-10-6(3)12-5(2)8(14-10)9(11)16/h4H2,1-3H3,(H2,11,16)(H,13,14,15). The normalized spacial score (nSPS) is 9.94. The summed E-state index contributed by atoms with van der Waals surface area (Å²) in [5.41, 5.74) is 6.24. The van der Waals surface area contributed by atoms with Crippen molar-refractivity contribution < 1.29 is 9.59 Å². The van der Waals surface area contributed by atoms with Gasteiger partial charge in [-0.3, -0.25) is 14.6 Å². The van der Waals surface area contributed by atoms with E-state index in [1.807, 2.05) is 0 Å². The van der Waals surface area contributed by atoms with Gasteiger partial charge >= 0.3 is 0 Å². The Kier molecular flexibility index (Phi) is 3.55. The maximum absolute atomic E-state index is 11.2. The van der Waals surface area contributed by atoms with Crippen LogP contribution in [0.2, 0.25) is 0 Å². The molecule has 1 heterocycles. The van der Waals surface area contributed by atoms with Crippen molar-refractivity contribution in [2.75, 3.05) is 5.32 Å². The molecular formula is C10H14N4O2. The summed E-state index contributed by atoms with van der Waals surface area (Å²) in [5, 5.41) is 2.56. The number of nitrogens with two attached hydrogens (primary N) is 1. The van der Waals surface area contributed by atoms with E-state index in [1.54, 1.807) is 20.8 Å². The molecule has 0 aromatic carbocycles. The van der Waals surface area contributed by atoms with Crippen LogP contribution in [-0.4, -0.2) is 21.8 Å². The van der Waals surface area contributed by atoms with Crippen molar-refractivity contribution in [1.29, 1.82) is 0 Å². The number of amides is 2. The number of rotatable bonds is 3. The van der Waals surface area contributed by atoms with Crippen LogP contribution in [-0.2, 0) is 4.79 Å². The van der Waals surface area contributed by atoms with Crippen LogP contribution >= 0.6 is 0 Å². The summed E-state index contributed by atoms with van der Waals surface area (Å²) in [4.78, 5) is 30.3. The molecule has 1 rings (SSSR count). The average Bonchev–Trinajstić information content (AvgIpc) is 2.21. The van der Waals surface area contributed by atoms with Crippen molar-refractivity contribution in [3.05, 3.63) is 17.1 Å². The summed E-state index contributed by atoms with van der Waals surface area (Å²) < 4.78 is 0. The van der Waals surface area contributed by atoms with E-state index in [2.05, 4.69) is 15.3 Å². The van der Waals surface area contributed by atoms with Gasteiger partial charge in [0.1, 0.15) is 0 Å². The lowest BCUT2D eigenvalue weighted by Crippen LogP contribution is -2.20. The van der Waals surface area contributed by atoms with Crippen LogP contribution in [0.15, 0.2) is 0 Å². The topological polar surface area (TPSA) is 98.0 Å². The zero-order valence-electron chi connectivity index (χ0n) is 9.50. The van der Waals surface area contributed by atoms with Crippen LogP contribution in [0.3, 0.4) is 0 Å². The van der Waals surface area contributed by atoms with Crippen molar-refractivity contribution >= 4 is 17.6 Å². The molecule has 0 saturated heterocycles. The van der Waals surface area contributed by atoms with E-state index in [-0.39, 0.29) is 17.4 Å². The summed E-state index contributed by atoms with van der Waals surface area (Å²) in [6, 6.07) is 0. The lowest BCUT2D eigenvalue weighted by Gasteiger charge is -2.08. The van der Waals surface area contributed by atoms with E-state index in [4.69, 9.17) is 5.73 Å². The highest BCUT2D eigenvalue weighted by atomic mass is 16.2. The molecule has 0 unspecified atom stereocenters. The van der Waals surface area contributed by atoms with Crippen molar-refractivity contribution in [3.8, 4) is 0 Å². The predicted molar refractivity (Wildman–Crippen MR) is 58.9 cm³/mol. The van der Waals surface area contributed by atoms with Gasteiger partial charge in [-0.15, -0.1) is 0 Å². The zero-order valence-corrected chi connectivity index (χ0v) is 9.50. The van der Waals surface area contributed by atoms with Gasteiger partial charge in [-0.2, -0.15) is 0 Å².